The molecular formula is C18H20N2O. The SMILES string of the molecule is Cc1ccccc1CC(=O)Nc1cccc2c1CCCN2. The lowest BCUT2D eigenvalue weighted by Gasteiger charge is -2.21. The van der Waals surface area contributed by atoms with Crippen LogP contribution in [0.5, 0.6) is 0 Å². The molecule has 0 unspecified atom stereocenters. The van der Waals surface area contributed by atoms with Gasteiger partial charge in [-0.05, 0) is 48.6 Å². The second kappa shape index (κ2) is 6.00. The van der Waals surface area contributed by atoms with Crippen LogP contribution in [0.3, 0.4) is 0 Å². The third-order valence-electron chi connectivity index (χ3n) is 3.98. The third-order valence-corrected chi connectivity index (χ3v) is 3.98. The molecule has 2 aromatic rings. The van der Waals surface area contributed by atoms with Crippen LogP contribution in [-0.2, 0) is 17.6 Å². The second-order valence-corrected chi connectivity index (χ2v) is 5.51. The minimum absolute atomic E-state index is 0.0447. The van der Waals surface area contributed by atoms with Gasteiger partial charge in [-0.3, -0.25) is 4.79 Å². The van der Waals surface area contributed by atoms with Crippen molar-refractivity contribution in [2.45, 2.75) is 26.2 Å². The summed E-state index contributed by atoms with van der Waals surface area (Å²) < 4.78 is 0. The lowest BCUT2D eigenvalue weighted by atomic mass is 10.0. The smallest absolute Gasteiger partial charge is 0.228 e. The first kappa shape index (κ1) is 13.7. The van der Waals surface area contributed by atoms with Crippen molar-refractivity contribution in [3.8, 4) is 0 Å². The molecule has 1 aliphatic heterocycles. The number of hydrogen-bond acceptors (Lipinski definition) is 2. The molecule has 2 N–H and O–H groups in total. The Morgan fingerprint density at radius 1 is 1.19 bits per heavy atom. The van der Waals surface area contributed by atoms with Crippen molar-refractivity contribution in [2.75, 3.05) is 17.2 Å². The number of benzene rings is 2. The summed E-state index contributed by atoms with van der Waals surface area (Å²) in [5.74, 6) is 0.0447. The zero-order valence-corrected chi connectivity index (χ0v) is 12.3. The Hall–Kier alpha value is -2.29. The number of nitrogens with one attached hydrogen (secondary N) is 2. The number of rotatable bonds is 3. The number of amides is 1. The van der Waals surface area contributed by atoms with Gasteiger partial charge in [0.25, 0.3) is 0 Å². The van der Waals surface area contributed by atoms with Crippen molar-refractivity contribution in [1.82, 2.24) is 0 Å². The monoisotopic (exact) mass is 280 g/mol. The average Bonchev–Trinajstić information content (AvgIpc) is 2.50. The van der Waals surface area contributed by atoms with Gasteiger partial charge < -0.3 is 10.6 Å². The Labute approximate surface area is 125 Å². The summed E-state index contributed by atoms with van der Waals surface area (Å²) in [6, 6.07) is 14.1. The summed E-state index contributed by atoms with van der Waals surface area (Å²) in [5, 5.41) is 6.45. The third kappa shape index (κ3) is 3.07. The minimum atomic E-state index is 0.0447. The topological polar surface area (TPSA) is 41.1 Å². The van der Waals surface area contributed by atoms with Gasteiger partial charge in [0.05, 0.1) is 6.42 Å². The van der Waals surface area contributed by atoms with Gasteiger partial charge >= 0.3 is 0 Å². The summed E-state index contributed by atoms with van der Waals surface area (Å²) in [5.41, 5.74) is 5.55. The molecule has 0 aromatic heterocycles. The van der Waals surface area contributed by atoms with Crippen LogP contribution in [0.4, 0.5) is 11.4 Å². The quantitative estimate of drug-likeness (QED) is 0.903. The van der Waals surface area contributed by atoms with E-state index in [-0.39, 0.29) is 5.91 Å². The van der Waals surface area contributed by atoms with Gasteiger partial charge in [0.1, 0.15) is 0 Å². The number of hydrogen-bond donors (Lipinski definition) is 2. The molecule has 1 heterocycles. The number of carbonyl (C=O) groups is 1. The molecule has 0 spiro atoms. The van der Waals surface area contributed by atoms with Crippen molar-refractivity contribution in [3.05, 3.63) is 59.2 Å². The summed E-state index contributed by atoms with van der Waals surface area (Å²) in [4.78, 5) is 12.3. The zero-order valence-electron chi connectivity index (χ0n) is 12.3. The first-order valence-electron chi connectivity index (χ1n) is 7.44. The van der Waals surface area contributed by atoms with Crippen molar-refractivity contribution < 1.29 is 4.79 Å². The van der Waals surface area contributed by atoms with Gasteiger partial charge in [-0.2, -0.15) is 0 Å². The second-order valence-electron chi connectivity index (χ2n) is 5.51. The molecule has 0 bridgehead atoms. The Morgan fingerprint density at radius 3 is 2.90 bits per heavy atom. The van der Waals surface area contributed by atoms with E-state index in [1.807, 2.05) is 43.3 Å². The predicted molar refractivity (Wildman–Crippen MR) is 86.8 cm³/mol. The first-order valence-corrected chi connectivity index (χ1v) is 7.44. The highest BCUT2D eigenvalue weighted by molar-refractivity contribution is 5.94. The van der Waals surface area contributed by atoms with E-state index in [1.54, 1.807) is 0 Å². The molecular weight excluding hydrogens is 260 g/mol. The molecule has 0 saturated carbocycles. The molecule has 1 aliphatic rings. The Bertz CT molecular complexity index is 664. The summed E-state index contributed by atoms with van der Waals surface area (Å²) >= 11 is 0. The van der Waals surface area contributed by atoms with Crippen LogP contribution in [0.1, 0.15) is 23.1 Å². The van der Waals surface area contributed by atoms with Crippen LogP contribution in [0.25, 0.3) is 0 Å². The average molecular weight is 280 g/mol. The number of anilines is 2. The summed E-state index contributed by atoms with van der Waals surface area (Å²) in [6.07, 6.45) is 2.55. The number of fused-ring (bicyclic) bond motifs is 1. The van der Waals surface area contributed by atoms with Gasteiger partial charge in [-0.15, -0.1) is 0 Å². The highest BCUT2D eigenvalue weighted by Gasteiger charge is 2.14. The molecule has 108 valence electrons. The van der Waals surface area contributed by atoms with Crippen molar-refractivity contribution in [3.63, 3.8) is 0 Å². The molecule has 1 amide bonds. The maximum absolute atomic E-state index is 12.3. The van der Waals surface area contributed by atoms with E-state index in [2.05, 4.69) is 16.7 Å². The van der Waals surface area contributed by atoms with E-state index in [9.17, 15) is 4.79 Å². The van der Waals surface area contributed by atoms with Crippen molar-refractivity contribution in [2.24, 2.45) is 0 Å². The lowest BCUT2D eigenvalue weighted by molar-refractivity contribution is -0.115. The lowest BCUT2D eigenvalue weighted by Crippen LogP contribution is -2.19. The Kier molecular flexibility index (Phi) is 3.91. The highest BCUT2D eigenvalue weighted by Crippen LogP contribution is 2.29. The van der Waals surface area contributed by atoms with Gasteiger partial charge in [-0.25, -0.2) is 0 Å². The Morgan fingerprint density at radius 2 is 2.05 bits per heavy atom. The van der Waals surface area contributed by atoms with Gasteiger partial charge in [0.2, 0.25) is 5.91 Å². The molecule has 0 fully saturated rings. The van der Waals surface area contributed by atoms with E-state index in [1.165, 1.54) is 5.56 Å². The molecule has 2 aromatic carbocycles. The fraction of sp³-hybridized carbons (Fsp3) is 0.278. The van der Waals surface area contributed by atoms with Crippen molar-refractivity contribution in [1.29, 1.82) is 0 Å². The van der Waals surface area contributed by atoms with Crippen LogP contribution >= 0.6 is 0 Å². The fourth-order valence-corrected chi connectivity index (χ4v) is 2.80. The number of carbonyl (C=O) groups excluding carboxylic acids is 1. The van der Waals surface area contributed by atoms with Crippen LogP contribution in [0.15, 0.2) is 42.5 Å². The highest BCUT2D eigenvalue weighted by atomic mass is 16.1. The zero-order chi connectivity index (χ0) is 14.7. The summed E-state index contributed by atoms with van der Waals surface area (Å²) in [6.45, 7) is 3.05. The molecule has 3 nitrogen and oxygen atoms in total. The maximum atomic E-state index is 12.3. The standard InChI is InChI=1S/C18H20N2O/c1-13-6-2-3-7-14(13)12-18(21)20-17-10-4-9-16-15(17)8-5-11-19-16/h2-4,6-7,9-10,19H,5,8,11-12H2,1H3,(H,20,21). The largest absolute Gasteiger partial charge is 0.385 e. The van der Waals surface area contributed by atoms with Gasteiger partial charge in [0, 0.05) is 17.9 Å². The van der Waals surface area contributed by atoms with Crippen LogP contribution in [-0.4, -0.2) is 12.5 Å². The minimum Gasteiger partial charge on any atom is -0.385 e. The van der Waals surface area contributed by atoms with E-state index >= 15 is 0 Å². The normalized spacial score (nSPS) is 13.2. The molecule has 0 saturated heterocycles. The molecule has 0 atom stereocenters. The molecule has 3 heteroatoms. The molecule has 0 radical (unpaired) electrons. The number of aryl methyl sites for hydroxylation is 1. The predicted octanol–water partition coefficient (Wildman–Crippen LogP) is 3.53. The summed E-state index contributed by atoms with van der Waals surface area (Å²) in [7, 11) is 0. The fourth-order valence-electron chi connectivity index (χ4n) is 2.80. The van der Waals surface area contributed by atoms with Crippen LogP contribution in [0.2, 0.25) is 0 Å². The van der Waals surface area contributed by atoms with E-state index in [0.717, 1.165) is 41.9 Å². The van der Waals surface area contributed by atoms with E-state index in [0.29, 0.717) is 6.42 Å². The van der Waals surface area contributed by atoms with Gasteiger partial charge in [0.15, 0.2) is 0 Å². The molecule has 21 heavy (non-hydrogen) atoms. The molecule has 0 aliphatic carbocycles. The van der Waals surface area contributed by atoms with Crippen LogP contribution < -0.4 is 10.6 Å². The first-order chi connectivity index (χ1) is 10.2. The maximum Gasteiger partial charge on any atom is 0.228 e. The molecule has 3 rings (SSSR count). The Balaban J connectivity index is 1.75. The van der Waals surface area contributed by atoms with Gasteiger partial charge in [-0.1, -0.05) is 30.3 Å². The van der Waals surface area contributed by atoms with E-state index in [4.69, 9.17) is 0 Å². The van der Waals surface area contributed by atoms with E-state index < -0.39 is 0 Å². The van der Waals surface area contributed by atoms with Crippen molar-refractivity contribution >= 4 is 17.3 Å². The van der Waals surface area contributed by atoms with Crippen LogP contribution in [0, 0.1) is 6.92 Å².